The molecule has 1 heterocycles. The molecule has 4 nitrogen and oxygen atoms in total. The molecule has 3 rings (SSSR count). The Kier molecular flexibility index (Phi) is 4.39. The second kappa shape index (κ2) is 6.62. The molecular weight excluding hydrogens is 274 g/mol. The normalized spacial score (nSPS) is 15.6. The average Bonchev–Trinajstić information content (AvgIpc) is 2.57. The average molecular weight is 296 g/mol. The molecule has 2 aromatic rings. The highest BCUT2D eigenvalue weighted by molar-refractivity contribution is 5.99. The highest BCUT2D eigenvalue weighted by atomic mass is 16.2. The minimum atomic E-state index is 0.0601. The van der Waals surface area contributed by atoms with E-state index in [2.05, 4.69) is 7.05 Å². The molecule has 0 radical (unpaired) electrons. The number of nitrogens with one attached hydrogen (secondary N) is 1. The summed E-state index contributed by atoms with van der Waals surface area (Å²) in [5.41, 5.74) is 1.81. The molecule has 1 aliphatic heterocycles. The lowest BCUT2D eigenvalue weighted by atomic mass is 10.2. The van der Waals surface area contributed by atoms with E-state index in [1.807, 2.05) is 65.6 Å². The Morgan fingerprint density at radius 1 is 0.909 bits per heavy atom. The Morgan fingerprint density at radius 2 is 1.36 bits per heavy atom. The van der Waals surface area contributed by atoms with E-state index in [4.69, 9.17) is 0 Å². The Hall–Kier alpha value is -2.33. The highest BCUT2D eigenvalue weighted by Crippen LogP contribution is 2.26. The van der Waals surface area contributed by atoms with Crippen LogP contribution in [0.25, 0.3) is 0 Å². The van der Waals surface area contributed by atoms with Gasteiger partial charge >= 0.3 is 6.03 Å². The van der Waals surface area contributed by atoms with E-state index in [-0.39, 0.29) is 6.03 Å². The van der Waals surface area contributed by atoms with E-state index < -0.39 is 0 Å². The summed E-state index contributed by atoms with van der Waals surface area (Å²) in [6.45, 7) is 3.62. The van der Waals surface area contributed by atoms with Gasteiger partial charge in [-0.15, -0.1) is 0 Å². The van der Waals surface area contributed by atoms with Gasteiger partial charge in [0.05, 0.1) is 44.6 Å². The zero-order chi connectivity index (χ0) is 15.4. The summed E-state index contributed by atoms with van der Waals surface area (Å²) in [4.78, 5) is 18.3. The topological polar surface area (TPSA) is 28.0 Å². The van der Waals surface area contributed by atoms with Gasteiger partial charge in [0, 0.05) is 0 Å². The van der Waals surface area contributed by atoms with Crippen LogP contribution in [-0.2, 0) is 0 Å². The lowest BCUT2D eigenvalue weighted by molar-refractivity contribution is -0.883. The Labute approximate surface area is 131 Å². The van der Waals surface area contributed by atoms with Crippen molar-refractivity contribution in [1.82, 2.24) is 4.90 Å². The number of anilines is 2. The number of likely N-dealkylation sites (N-methyl/N-ethyl adjacent to an activating group) is 1. The number of amides is 2. The number of quaternary nitrogens is 1. The van der Waals surface area contributed by atoms with Crippen LogP contribution in [0.2, 0.25) is 0 Å². The van der Waals surface area contributed by atoms with Gasteiger partial charge < -0.3 is 9.80 Å². The fraction of sp³-hybridized carbons (Fsp3) is 0.278. The van der Waals surface area contributed by atoms with E-state index in [0.29, 0.717) is 0 Å². The molecule has 2 amide bonds. The largest absolute Gasteiger partial charge is 0.334 e. The maximum Gasteiger partial charge on any atom is 0.329 e. The number of urea groups is 1. The van der Waals surface area contributed by atoms with Gasteiger partial charge in [0.1, 0.15) is 0 Å². The van der Waals surface area contributed by atoms with Crippen molar-refractivity contribution in [2.75, 3.05) is 38.1 Å². The molecular formula is C18H22N3O+. The first kappa shape index (κ1) is 14.6. The van der Waals surface area contributed by atoms with Gasteiger partial charge in [0.15, 0.2) is 0 Å². The highest BCUT2D eigenvalue weighted by Gasteiger charge is 2.27. The number of rotatable bonds is 2. The van der Waals surface area contributed by atoms with Crippen LogP contribution in [0.5, 0.6) is 0 Å². The van der Waals surface area contributed by atoms with Gasteiger partial charge in [-0.25, -0.2) is 4.79 Å². The van der Waals surface area contributed by atoms with Crippen molar-refractivity contribution in [3.05, 3.63) is 60.7 Å². The summed E-state index contributed by atoms with van der Waals surface area (Å²) in [5.74, 6) is 0. The first-order chi connectivity index (χ1) is 10.8. The van der Waals surface area contributed by atoms with Crippen LogP contribution in [-0.4, -0.2) is 44.2 Å². The molecule has 0 spiro atoms. The Bertz CT molecular complexity index is 567. The SMILES string of the molecule is C[NH+]1CCN(C(=O)N(c2ccccc2)c2ccccc2)CC1. The first-order valence-corrected chi connectivity index (χ1v) is 7.76. The maximum absolute atomic E-state index is 13.0. The zero-order valence-electron chi connectivity index (χ0n) is 12.9. The van der Waals surface area contributed by atoms with E-state index in [0.717, 1.165) is 37.6 Å². The zero-order valence-corrected chi connectivity index (χ0v) is 12.9. The van der Waals surface area contributed by atoms with Gasteiger partial charge in [-0.2, -0.15) is 0 Å². The number of hydrogen-bond donors (Lipinski definition) is 1. The summed E-state index contributed by atoms with van der Waals surface area (Å²) in [7, 11) is 2.17. The molecule has 0 unspecified atom stereocenters. The molecule has 0 aliphatic carbocycles. The second-order valence-electron chi connectivity index (χ2n) is 5.73. The van der Waals surface area contributed by atoms with E-state index in [9.17, 15) is 4.79 Å². The van der Waals surface area contributed by atoms with Gasteiger partial charge in [-0.05, 0) is 24.3 Å². The van der Waals surface area contributed by atoms with Crippen molar-refractivity contribution in [3.63, 3.8) is 0 Å². The molecule has 0 aromatic heterocycles. The predicted molar refractivity (Wildman–Crippen MR) is 88.6 cm³/mol. The fourth-order valence-electron chi connectivity index (χ4n) is 2.75. The van der Waals surface area contributed by atoms with Crippen molar-refractivity contribution in [2.24, 2.45) is 0 Å². The van der Waals surface area contributed by atoms with E-state index >= 15 is 0 Å². The lowest BCUT2D eigenvalue weighted by Crippen LogP contribution is -3.12. The van der Waals surface area contributed by atoms with Crippen molar-refractivity contribution >= 4 is 17.4 Å². The number of hydrogen-bond acceptors (Lipinski definition) is 1. The number of carbonyl (C=O) groups excluding carboxylic acids is 1. The van der Waals surface area contributed by atoms with Crippen molar-refractivity contribution in [1.29, 1.82) is 0 Å². The van der Waals surface area contributed by atoms with Crippen LogP contribution in [0.15, 0.2) is 60.7 Å². The quantitative estimate of drug-likeness (QED) is 0.899. The monoisotopic (exact) mass is 296 g/mol. The van der Waals surface area contributed by atoms with Gasteiger partial charge in [-0.3, -0.25) is 4.90 Å². The summed E-state index contributed by atoms with van der Waals surface area (Å²) in [6, 6.07) is 19.8. The number of nitrogens with zero attached hydrogens (tertiary/aromatic N) is 2. The minimum Gasteiger partial charge on any atom is -0.334 e. The Balaban J connectivity index is 1.90. The molecule has 22 heavy (non-hydrogen) atoms. The van der Waals surface area contributed by atoms with Crippen LogP contribution in [0.4, 0.5) is 16.2 Å². The standard InChI is InChI=1S/C18H21N3O/c1-19-12-14-20(15-13-19)18(22)21(16-8-4-2-5-9-16)17-10-6-3-7-11-17/h2-11H,12-15H2,1H3/p+1. The van der Waals surface area contributed by atoms with Crippen LogP contribution >= 0.6 is 0 Å². The number of carbonyl (C=O) groups is 1. The van der Waals surface area contributed by atoms with Crippen LogP contribution in [0.1, 0.15) is 0 Å². The first-order valence-electron chi connectivity index (χ1n) is 7.76. The van der Waals surface area contributed by atoms with E-state index in [1.54, 1.807) is 4.90 Å². The molecule has 4 heteroatoms. The molecule has 1 N–H and O–H groups in total. The van der Waals surface area contributed by atoms with Gasteiger partial charge in [0.25, 0.3) is 0 Å². The van der Waals surface area contributed by atoms with E-state index in [1.165, 1.54) is 4.90 Å². The molecule has 0 saturated carbocycles. The molecule has 2 aromatic carbocycles. The number of para-hydroxylation sites is 2. The summed E-state index contributed by atoms with van der Waals surface area (Å²) >= 11 is 0. The number of piperazine rings is 1. The molecule has 0 bridgehead atoms. The summed E-state index contributed by atoms with van der Waals surface area (Å²) in [5, 5.41) is 0. The van der Waals surface area contributed by atoms with Crippen molar-refractivity contribution in [3.8, 4) is 0 Å². The second-order valence-corrected chi connectivity index (χ2v) is 5.73. The van der Waals surface area contributed by atoms with Gasteiger partial charge in [-0.1, -0.05) is 36.4 Å². The van der Waals surface area contributed by atoms with Gasteiger partial charge in [0.2, 0.25) is 0 Å². The Morgan fingerprint density at radius 3 is 1.82 bits per heavy atom. The third-order valence-electron chi connectivity index (χ3n) is 4.11. The molecule has 1 saturated heterocycles. The summed E-state index contributed by atoms with van der Waals surface area (Å²) in [6.07, 6.45) is 0. The lowest BCUT2D eigenvalue weighted by Gasteiger charge is -2.34. The molecule has 1 fully saturated rings. The molecule has 1 aliphatic rings. The maximum atomic E-state index is 13.0. The minimum absolute atomic E-state index is 0.0601. The van der Waals surface area contributed by atoms with Crippen LogP contribution < -0.4 is 9.80 Å². The smallest absolute Gasteiger partial charge is 0.329 e. The van der Waals surface area contributed by atoms with Crippen LogP contribution in [0.3, 0.4) is 0 Å². The third kappa shape index (κ3) is 3.12. The van der Waals surface area contributed by atoms with Crippen molar-refractivity contribution < 1.29 is 9.69 Å². The number of benzene rings is 2. The third-order valence-corrected chi connectivity index (χ3v) is 4.11. The molecule has 0 atom stereocenters. The predicted octanol–water partition coefficient (Wildman–Crippen LogP) is 1.78. The van der Waals surface area contributed by atoms with Crippen molar-refractivity contribution in [2.45, 2.75) is 0 Å². The molecule has 114 valence electrons. The fourth-order valence-corrected chi connectivity index (χ4v) is 2.75. The van der Waals surface area contributed by atoms with Crippen LogP contribution in [0, 0.1) is 0 Å². The summed E-state index contributed by atoms with van der Waals surface area (Å²) < 4.78 is 0.